The Hall–Kier alpha value is -2.95. The van der Waals surface area contributed by atoms with Crippen molar-refractivity contribution in [3.8, 4) is 0 Å². The summed E-state index contributed by atoms with van der Waals surface area (Å²) in [4.78, 5) is 29.1. The molecule has 0 saturated heterocycles. The SMILES string of the molecule is CC(c1c[nH]c(=O)c2ccccc12)N(C(=O)NCCS(N)(=O)=O)c1ccc(F)c(Cl)c1. The van der Waals surface area contributed by atoms with Crippen LogP contribution in [0.4, 0.5) is 14.9 Å². The van der Waals surface area contributed by atoms with E-state index in [4.69, 9.17) is 16.7 Å². The molecule has 0 saturated carbocycles. The molecule has 4 N–H and O–H groups in total. The normalized spacial score (nSPS) is 12.5. The van der Waals surface area contributed by atoms with Gasteiger partial charge in [-0.3, -0.25) is 9.69 Å². The number of anilines is 1. The summed E-state index contributed by atoms with van der Waals surface area (Å²) in [5.41, 5.74) is 0.625. The van der Waals surface area contributed by atoms with Gasteiger partial charge in [-0.15, -0.1) is 0 Å². The van der Waals surface area contributed by atoms with E-state index >= 15 is 0 Å². The number of sulfonamides is 1. The molecule has 8 nitrogen and oxygen atoms in total. The van der Waals surface area contributed by atoms with Crippen LogP contribution < -0.4 is 20.9 Å². The number of rotatable bonds is 6. The largest absolute Gasteiger partial charge is 0.337 e. The summed E-state index contributed by atoms with van der Waals surface area (Å²) in [6.45, 7) is 1.50. The molecular formula is C20H20ClFN4O4S. The monoisotopic (exact) mass is 466 g/mol. The summed E-state index contributed by atoms with van der Waals surface area (Å²) in [6.07, 6.45) is 1.51. The fourth-order valence-electron chi connectivity index (χ4n) is 3.25. The first-order chi connectivity index (χ1) is 14.6. The first kappa shape index (κ1) is 22.7. The molecule has 0 aliphatic rings. The number of amides is 2. The number of hydrogen-bond acceptors (Lipinski definition) is 4. The Morgan fingerprint density at radius 3 is 2.58 bits per heavy atom. The number of hydrogen-bond donors (Lipinski definition) is 3. The van der Waals surface area contributed by atoms with E-state index in [1.54, 1.807) is 31.2 Å². The molecule has 3 aromatic rings. The molecule has 11 heteroatoms. The van der Waals surface area contributed by atoms with Gasteiger partial charge in [-0.05, 0) is 42.1 Å². The maximum absolute atomic E-state index is 13.7. The lowest BCUT2D eigenvalue weighted by molar-refractivity contribution is 0.245. The summed E-state index contributed by atoms with van der Waals surface area (Å²) >= 11 is 5.92. The van der Waals surface area contributed by atoms with Crippen LogP contribution in [0.1, 0.15) is 18.5 Å². The van der Waals surface area contributed by atoms with Crippen molar-refractivity contribution in [3.05, 3.63) is 75.4 Å². The summed E-state index contributed by atoms with van der Waals surface area (Å²) in [7, 11) is -3.77. The fraction of sp³-hybridized carbons (Fsp3) is 0.200. The lowest BCUT2D eigenvalue weighted by atomic mass is 10.0. The molecule has 31 heavy (non-hydrogen) atoms. The molecule has 1 heterocycles. The zero-order chi connectivity index (χ0) is 22.8. The summed E-state index contributed by atoms with van der Waals surface area (Å²) in [6, 6.07) is 9.42. The number of fused-ring (bicyclic) bond motifs is 1. The maximum Gasteiger partial charge on any atom is 0.322 e. The highest BCUT2D eigenvalue weighted by Crippen LogP contribution is 2.32. The van der Waals surface area contributed by atoms with Gasteiger partial charge in [0.2, 0.25) is 10.0 Å². The van der Waals surface area contributed by atoms with Gasteiger partial charge < -0.3 is 10.3 Å². The lowest BCUT2D eigenvalue weighted by Crippen LogP contribution is -2.43. The zero-order valence-corrected chi connectivity index (χ0v) is 18.0. The van der Waals surface area contributed by atoms with Crippen LogP contribution in [0.2, 0.25) is 5.02 Å². The van der Waals surface area contributed by atoms with Crippen LogP contribution in [0, 0.1) is 5.82 Å². The van der Waals surface area contributed by atoms with Crippen molar-refractivity contribution in [1.29, 1.82) is 0 Å². The second-order valence-corrected chi connectivity index (χ2v) is 9.00. The second-order valence-electron chi connectivity index (χ2n) is 6.86. The number of nitrogens with one attached hydrogen (secondary N) is 2. The van der Waals surface area contributed by atoms with E-state index in [9.17, 15) is 22.4 Å². The van der Waals surface area contributed by atoms with Crippen LogP contribution in [0.3, 0.4) is 0 Å². The molecule has 0 fully saturated rings. The Balaban J connectivity index is 2.05. The number of nitrogens with two attached hydrogens (primary N) is 1. The number of pyridine rings is 1. The highest BCUT2D eigenvalue weighted by atomic mass is 35.5. The minimum Gasteiger partial charge on any atom is -0.337 e. The lowest BCUT2D eigenvalue weighted by Gasteiger charge is -2.30. The first-order valence-electron chi connectivity index (χ1n) is 9.21. The molecule has 0 aliphatic carbocycles. The Morgan fingerprint density at radius 1 is 1.26 bits per heavy atom. The summed E-state index contributed by atoms with van der Waals surface area (Å²) in [5, 5.41) is 8.38. The number of carbonyl (C=O) groups is 1. The standard InChI is InChI=1S/C20H20ClFN4O4S/c1-12(16-11-25-19(27)15-5-3-2-4-14(15)16)26(13-6-7-18(22)17(21)10-13)20(28)24-8-9-31(23,29)30/h2-7,10-12H,8-9H2,1H3,(H,24,28)(H,25,27)(H2,23,29,30). The number of halogens is 2. The van der Waals surface area contributed by atoms with Crippen LogP contribution in [0.5, 0.6) is 0 Å². The molecule has 1 aromatic heterocycles. The second kappa shape index (κ2) is 9.04. The Kier molecular flexibility index (Phi) is 6.63. The predicted octanol–water partition coefficient (Wildman–Crippen LogP) is 2.89. The van der Waals surface area contributed by atoms with Gasteiger partial charge in [0.05, 0.1) is 16.8 Å². The predicted molar refractivity (Wildman–Crippen MR) is 118 cm³/mol. The Labute approximate surface area is 182 Å². The third-order valence-corrected chi connectivity index (χ3v) is 5.80. The van der Waals surface area contributed by atoms with Crippen LogP contribution >= 0.6 is 11.6 Å². The molecular weight excluding hydrogens is 447 g/mol. The highest BCUT2D eigenvalue weighted by Gasteiger charge is 2.26. The minimum absolute atomic E-state index is 0.182. The van der Waals surface area contributed by atoms with Gasteiger partial charge in [-0.1, -0.05) is 29.8 Å². The van der Waals surface area contributed by atoms with E-state index in [1.807, 2.05) is 0 Å². The van der Waals surface area contributed by atoms with Crippen LogP contribution in [0.15, 0.2) is 53.5 Å². The fourth-order valence-corrected chi connectivity index (χ4v) is 3.81. The number of aromatic nitrogens is 1. The van der Waals surface area contributed by atoms with E-state index in [2.05, 4.69) is 10.3 Å². The molecule has 0 spiro atoms. The minimum atomic E-state index is -3.77. The molecule has 0 radical (unpaired) electrons. The van der Waals surface area contributed by atoms with E-state index in [0.717, 1.165) is 6.07 Å². The topological polar surface area (TPSA) is 125 Å². The van der Waals surface area contributed by atoms with Gasteiger partial charge in [-0.2, -0.15) is 0 Å². The van der Waals surface area contributed by atoms with Crippen molar-refractivity contribution >= 4 is 44.1 Å². The van der Waals surface area contributed by atoms with E-state index in [-0.39, 0.29) is 22.8 Å². The quantitative estimate of drug-likeness (QED) is 0.516. The number of carbonyl (C=O) groups excluding carboxylic acids is 1. The molecule has 0 bridgehead atoms. The molecule has 0 aliphatic heterocycles. The maximum atomic E-state index is 13.7. The van der Waals surface area contributed by atoms with Crippen LogP contribution in [0.25, 0.3) is 10.8 Å². The number of nitrogens with zero attached hydrogens (tertiary/aromatic N) is 1. The number of primary sulfonamides is 1. The molecule has 3 rings (SSSR count). The molecule has 2 aromatic carbocycles. The first-order valence-corrected chi connectivity index (χ1v) is 11.3. The number of H-pyrrole nitrogens is 1. The molecule has 1 atom stereocenters. The van der Waals surface area contributed by atoms with Gasteiger partial charge in [0, 0.05) is 23.8 Å². The van der Waals surface area contributed by atoms with Gasteiger partial charge in [-0.25, -0.2) is 22.7 Å². The highest BCUT2D eigenvalue weighted by molar-refractivity contribution is 7.89. The Morgan fingerprint density at radius 2 is 1.94 bits per heavy atom. The van der Waals surface area contributed by atoms with Crippen LogP contribution in [-0.2, 0) is 10.0 Å². The van der Waals surface area contributed by atoms with Gasteiger partial charge in [0.15, 0.2) is 0 Å². The molecule has 2 amide bonds. The van der Waals surface area contributed by atoms with Crippen molar-refractivity contribution in [2.24, 2.45) is 5.14 Å². The van der Waals surface area contributed by atoms with E-state index in [1.165, 1.54) is 23.2 Å². The summed E-state index contributed by atoms with van der Waals surface area (Å²) in [5.74, 6) is -1.10. The van der Waals surface area contributed by atoms with Gasteiger partial charge in [0.1, 0.15) is 5.82 Å². The van der Waals surface area contributed by atoms with Crippen molar-refractivity contribution in [1.82, 2.24) is 10.3 Å². The van der Waals surface area contributed by atoms with Crippen molar-refractivity contribution in [2.75, 3.05) is 17.2 Å². The third-order valence-electron chi connectivity index (χ3n) is 4.74. The van der Waals surface area contributed by atoms with Crippen molar-refractivity contribution in [3.63, 3.8) is 0 Å². The summed E-state index contributed by atoms with van der Waals surface area (Å²) < 4.78 is 36.1. The zero-order valence-electron chi connectivity index (χ0n) is 16.4. The number of urea groups is 1. The number of aromatic amines is 1. The van der Waals surface area contributed by atoms with Gasteiger partial charge >= 0.3 is 6.03 Å². The van der Waals surface area contributed by atoms with Gasteiger partial charge in [0.25, 0.3) is 5.56 Å². The molecule has 164 valence electrons. The molecule has 1 unspecified atom stereocenters. The third kappa shape index (κ3) is 5.22. The average Bonchev–Trinajstić information content (AvgIpc) is 2.70. The van der Waals surface area contributed by atoms with Crippen molar-refractivity contribution in [2.45, 2.75) is 13.0 Å². The van der Waals surface area contributed by atoms with Crippen LogP contribution in [-0.4, -0.2) is 31.7 Å². The van der Waals surface area contributed by atoms with E-state index in [0.29, 0.717) is 16.3 Å². The average molecular weight is 467 g/mol. The Bertz CT molecular complexity index is 1300. The van der Waals surface area contributed by atoms with Crippen molar-refractivity contribution < 1.29 is 17.6 Å². The number of benzene rings is 2. The smallest absolute Gasteiger partial charge is 0.322 e. The van der Waals surface area contributed by atoms with E-state index < -0.39 is 33.7 Å².